The van der Waals surface area contributed by atoms with Crippen LogP contribution in [-0.2, 0) is 6.54 Å². The quantitative estimate of drug-likeness (QED) is 0.221. The van der Waals surface area contributed by atoms with Gasteiger partial charge in [-0.2, -0.15) is 9.78 Å². The largest absolute Gasteiger partial charge is 0.494 e. The van der Waals surface area contributed by atoms with E-state index in [0.717, 1.165) is 50.1 Å². The zero-order valence-corrected chi connectivity index (χ0v) is 19.9. The molecule has 1 aliphatic rings. The number of rotatable bonds is 10. The molecule has 0 spiro atoms. The number of benzene rings is 1. The van der Waals surface area contributed by atoms with E-state index >= 15 is 0 Å². The Morgan fingerprint density at radius 2 is 2.00 bits per heavy atom. The number of nitrogen functional groups attached to an aromatic ring is 1. The summed E-state index contributed by atoms with van der Waals surface area (Å²) >= 11 is 0. The second kappa shape index (κ2) is 12.1. The minimum Gasteiger partial charge on any atom is -0.494 e. The molecule has 1 aromatic carbocycles. The van der Waals surface area contributed by atoms with E-state index in [1.165, 1.54) is 22.4 Å². The summed E-state index contributed by atoms with van der Waals surface area (Å²) in [6.45, 7) is 5.38. The van der Waals surface area contributed by atoms with Gasteiger partial charge in [0.25, 0.3) is 5.91 Å². The van der Waals surface area contributed by atoms with Gasteiger partial charge >= 0.3 is 0 Å². The number of nitrogens with zero attached hydrogens (tertiary/aromatic N) is 6. The van der Waals surface area contributed by atoms with Crippen LogP contribution in [0.1, 0.15) is 67.2 Å². The van der Waals surface area contributed by atoms with Crippen molar-refractivity contribution in [3.8, 4) is 11.6 Å². The Morgan fingerprint density at radius 1 is 1.23 bits per heavy atom. The van der Waals surface area contributed by atoms with Gasteiger partial charge in [0.1, 0.15) is 18.0 Å². The van der Waals surface area contributed by atoms with E-state index in [1.54, 1.807) is 6.21 Å². The van der Waals surface area contributed by atoms with Gasteiger partial charge in [-0.1, -0.05) is 18.6 Å². The molecule has 12 nitrogen and oxygen atoms in total. The first-order valence-corrected chi connectivity index (χ1v) is 12.1. The molecule has 2 aromatic heterocycles. The monoisotopic (exact) mass is 482 g/mol. The maximum atomic E-state index is 13.0. The number of carbonyl (C=O) groups is 1. The summed E-state index contributed by atoms with van der Waals surface area (Å²) in [5.74, 6) is 0.629. The number of unbranched alkanes of at least 4 members (excludes halogenated alkanes) is 1. The standard InChI is InChI=1S/C23H31N9O3/c1-2-3-14-34-18-10-8-17(9-11-18)15-25-27-23(33)20-19(16-31-12-6-4-5-7-13-31)32(30-26-20)22-21(24)28-35-29-22/h8-11,15H,2-7,12-14,16H2,1H3,(H2,24,28)(H,27,33)/p+1/b25-15-. The fraction of sp³-hybridized carbons (Fsp3) is 0.478. The van der Waals surface area contributed by atoms with Crippen molar-refractivity contribution in [2.45, 2.75) is 52.0 Å². The molecule has 3 heterocycles. The molecule has 1 aliphatic heterocycles. The number of nitrogens with one attached hydrogen (secondary N) is 2. The van der Waals surface area contributed by atoms with E-state index in [9.17, 15) is 4.79 Å². The van der Waals surface area contributed by atoms with Crippen LogP contribution in [0.25, 0.3) is 5.82 Å². The van der Waals surface area contributed by atoms with Crippen molar-refractivity contribution in [1.29, 1.82) is 0 Å². The molecule has 0 unspecified atom stereocenters. The van der Waals surface area contributed by atoms with Crippen LogP contribution in [-0.4, -0.2) is 57.1 Å². The second-order valence-electron chi connectivity index (χ2n) is 8.58. The van der Waals surface area contributed by atoms with Crippen molar-refractivity contribution in [1.82, 2.24) is 30.7 Å². The van der Waals surface area contributed by atoms with E-state index in [2.05, 4.69) is 38.1 Å². The summed E-state index contributed by atoms with van der Waals surface area (Å²) < 4.78 is 11.8. The lowest BCUT2D eigenvalue weighted by Gasteiger charge is -2.17. The summed E-state index contributed by atoms with van der Waals surface area (Å²) in [6, 6.07) is 7.51. The number of quaternary nitrogens is 1. The van der Waals surface area contributed by atoms with Gasteiger partial charge in [-0.25, -0.2) is 10.1 Å². The average Bonchev–Trinajstić information content (AvgIpc) is 3.37. The van der Waals surface area contributed by atoms with Gasteiger partial charge in [-0.3, -0.25) is 4.79 Å². The molecule has 1 saturated heterocycles. The fourth-order valence-corrected chi connectivity index (χ4v) is 3.99. The van der Waals surface area contributed by atoms with Gasteiger partial charge in [-0.15, -0.1) is 5.10 Å². The summed E-state index contributed by atoms with van der Waals surface area (Å²) in [5.41, 5.74) is 10.0. The number of carbonyl (C=O) groups excluding carboxylic acids is 1. The van der Waals surface area contributed by atoms with Crippen molar-refractivity contribution in [2.24, 2.45) is 5.10 Å². The Bertz CT molecular complexity index is 1120. The predicted molar refractivity (Wildman–Crippen MR) is 128 cm³/mol. The molecule has 1 amide bonds. The minimum absolute atomic E-state index is 0.0779. The zero-order chi connectivity index (χ0) is 24.5. The number of amides is 1. The number of anilines is 1. The van der Waals surface area contributed by atoms with Gasteiger partial charge < -0.3 is 15.4 Å². The smallest absolute Gasteiger partial charge is 0.294 e. The molecule has 0 bridgehead atoms. The number of likely N-dealkylation sites (tertiary alicyclic amines) is 1. The third-order valence-electron chi connectivity index (χ3n) is 5.93. The first kappa shape index (κ1) is 24.3. The highest BCUT2D eigenvalue weighted by atomic mass is 16.6. The van der Waals surface area contributed by atoms with E-state index in [-0.39, 0.29) is 17.3 Å². The highest BCUT2D eigenvalue weighted by molar-refractivity contribution is 5.94. The van der Waals surface area contributed by atoms with Gasteiger partial charge in [-0.05, 0) is 72.2 Å². The number of hydrogen-bond acceptors (Lipinski definition) is 9. The van der Waals surface area contributed by atoms with Crippen LogP contribution in [0.15, 0.2) is 34.0 Å². The summed E-state index contributed by atoms with van der Waals surface area (Å²) in [4.78, 5) is 14.3. The summed E-state index contributed by atoms with van der Waals surface area (Å²) in [7, 11) is 0. The molecule has 12 heteroatoms. The molecule has 1 fully saturated rings. The third kappa shape index (κ3) is 6.41. The van der Waals surface area contributed by atoms with Crippen molar-refractivity contribution < 1.29 is 19.1 Å². The van der Waals surface area contributed by atoms with Crippen LogP contribution in [0.4, 0.5) is 5.82 Å². The molecular formula is C23H32N9O3+. The third-order valence-corrected chi connectivity index (χ3v) is 5.93. The molecule has 186 valence electrons. The van der Waals surface area contributed by atoms with Crippen LogP contribution >= 0.6 is 0 Å². The average molecular weight is 483 g/mol. The highest BCUT2D eigenvalue weighted by Crippen LogP contribution is 2.16. The lowest BCUT2D eigenvalue weighted by Crippen LogP contribution is -3.10. The highest BCUT2D eigenvalue weighted by Gasteiger charge is 2.27. The number of hydrogen-bond donors (Lipinski definition) is 3. The lowest BCUT2D eigenvalue weighted by molar-refractivity contribution is -0.913. The fourth-order valence-electron chi connectivity index (χ4n) is 3.99. The predicted octanol–water partition coefficient (Wildman–Crippen LogP) is 1.13. The Hall–Kier alpha value is -3.80. The minimum atomic E-state index is -0.466. The Kier molecular flexibility index (Phi) is 8.39. The molecule has 35 heavy (non-hydrogen) atoms. The second-order valence-corrected chi connectivity index (χ2v) is 8.58. The first-order chi connectivity index (χ1) is 17.2. The van der Waals surface area contributed by atoms with Crippen LogP contribution in [0.5, 0.6) is 5.75 Å². The normalized spacial score (nSPS) is 14.8. The van der Waals surface area contributed by atoms with E-state index < -0.39 is 5.91 Å². The maximum Gasteiger partial charge on any atom is 0.294 e. The van der Waals surface area contributed by atoms with E-state index in [1.807, 2.05) is 24.3 Å². The summed E-state index contributed by atoms with van der Waals surface area (Å²) in [5, 5.41) is 19.8. The van der Waals surface area contributed by atoms with Crippen molar-refractivity contribution >= 4 is 17.9 Å². The molecule has 3 aromatic rings. The van der Waals surface area contributed by atoms with E-state index in [4.69, 9.17) is 15.1 Å². The van der Waals surface area contributed by atoms with Crippen molar-refractivity contribution in [3.63, 3.8) is 0 Å². The number of nitrogens with two attached hydrogens (primary N) is 1. The van der Waals surface area contributed by atoms with Crippen LogP contribution < -0.4 is 20.8 Å². The van der Waals surface area contributed by atoms with Gasteiger partial charge in [0.15, 0.2) is 5.69 Å². The van der Waals surface area contributed by atoms with E-state index in [0.29, 0.717) is 18.8 Å². The summed E-state index contributed by atoms with van der Waals surface area (Å²) in [6.07, 6.45) is 8.38. The number of aromatic nitrogens is 5. The van der Waals surface area contributed by atoms with Crippen LogP contribution in [0, 0.1) is 0 Å². The molecule has 4 rings (SSSR count). The topological polar surface area (TPSA) is 151 Å². The lowest BCUT2D eigenvalue weighted by atomic mass is 10.2. The van der Waals surface area contributed by atoms with Crippen LogP contribution in [0.3, 0.4) is 0 Å². The Labute approximate surface area is 203 Å². The molecule has 0 radical (unpaired) electrons. The zero-order valence-electron chi connectivity index (χ0n) is 19.9. The SMILES string of the molecule is CCCCOc1ccc(/C=N\NC(=O)c2nnn(-c3nonc3N)c2C[NH+]2CCCCCC2)cc1. The molecule has 0 atom stereocenters. The number of ether oxygens (including phenoxy) is 1. The van der Waals surface area contributed by atoms with Crippen molar-refractivity contribution in [3.05, 3.63) is 41.2 Å². The Morgan fingerprint density at radius 3 is 2.69 bits per heavy atom. The molecular weight excluding hydrogens is 450 g/mol. The van der Waals surface area contributed by atoms with Gasteiger partial charge in [0.2, 0.25) is 11.6 Å². The first-order valence-electron chi connectivity index (χ1n) is 12.1. The van der Waals surface area contributed by atoms with Gasteiger partial charge in [0, 0.05) is 0 Å². The van der Waals surface area contributed by atoms with Crippen LogP contribution in [0.2, 0.25) is 0 Å². The molecule has 0 aliphatic carbocycles. The Balaban J connectivity index is 1.46. The van der Waals surface area contributed by atoms with Crippen molar-refractivity contribution in [2.75, 3.05) is 25.4 Å². The number of hydrazone groups is 1. The molecule has 4 N–H and O–H groups in total. The van der Waals surface area contributed by atoms with Gasteiger partial charge in [0.05, 0.1) is 25.9 Å². The molecule has 0 saturated carbocycles. The maximum absolute atomic E-state index is 13.0.